The van der Waals surface area contributed by atoms with Crippen molar-refractivity contribution in [1.29, 1.82) is 0 Å². The minimum absolute atomic E-state index is 0.105. The van der Waals surface area contributed by atoms with Crippen LogP contribution in [0.3, 0.4) is 0 Å². The molecule has 0 bridgehead atoms. The summed E-state index contributed by atoms with van der Waals surface area (Å²) in [4.78, 5) is 56.5. The molecule has 3 aromatic rings. The fraction of sp³-hybridized carbons (Fsp3) is 0.333. The van der Waals surface area contributed by atoms with Crippen molar-refractivity contribution in [2.45, 2.75) is 28.5 Å². The summed E-state index contributed by atoms with van der Waals surface area (Å²) in [5.74, 6) is -5.56. The van der Waals surface area contributed by atoms with Gasteiger partial charge in [-0.15, -0.1) is 23.2 Å². The average molecular weight is 860 g/mol. The number of amides is 4. The predicted molar refractivity (Wildman–Crippen MR) is 200 cm³/mol. The number of azo groups is 1. The molecule has 2 saturated heterocycles. The maximum atomic E-state index is 14.4. The molecule has 1 N–H and O–H groups in total. The van der Waals surface area contributed by atoms with Crippen LogP contribution in [0.1, 0.15) is 24.3 Å². The Bertz CT molecular complexity index is 2040. The van der Waals surface area contributed by atoms with Gasteiger partial charge >= 0.3 is 0 Å². The van der Waals surface area contributed by atoms with Crippen LogP contribution >= 0.6 is 55.1 Å². The van der Waals surface area contributed by atoms with Crippen molar-refractivity contribution in [1.82, 2.24) is 4.90 Å². The van der Waals surface area contributed by atoms with E-state index in [1.165, 1.54) is 12.0 Å². The van der Waals surface area contributed by atoms with Gasteiger partial charge in [0.25, 0.3) is 11.8 Å². The quantitative estimate of drug-likeness (QED) is 0.0853. The van der Waals surface area contributed by atoms with Gasteiger partial charge in [-0.25, -0.2) is 0 Å². The molecule has 4 amide bonds. The molecule has 15 heteroatoms. The fourth-order valence-electron chi connectivity index (χ4n) is 7.90. The van der Waals surface area contributed by atoms with E-state index in [2.05, 4.69) is 42.1 Å². The number of carbonyl (C=O) groups is 4. The highest BCUT2D eigenvalue weighted by molar-refractivity contribution is 9.10. The van der Waals surface area contributed by atoms with Crippen molar-refractivity contribution in [2.24, 2.45) is 28.0 Å². The van der Waals surface area contributed by atoms with E-state index in [-0.39, 0.29) is 40.2 Å². The van der Waals surface area contributed by atoms with Crippen LogP contribution in [0.4, 0.5) is 22.7 Å². The number of allylic oxidation sites excluding steroid dienone is 2. The number of carbonyl (C=O) groups excluding carboxylic acids is 4. The number of halogens is 4. The van der Waals surface area contributed by atoms with Gasteiger partial charge in [0.15, 0.2) is 21.2 Å². The first-order valence-electron chi connectivity index (χ1n) is 16.0. The van der Waals surface area contributed by atoms with E-state index in [0.717, 1.165) is 10.6 Å². The van der Waals surface area contributed by atoms with E-state index in [4.69, 9.17) is 27.9 Å². The summed E-state index contributed by atoms with van der Waals surface area (Å²) in [6, 6.07) is 17.4. The number of benzene rings is 3. The summed E-state index contributed by atoms with van der Waals surface area (Å²) in [5.41, 5.74) is 3.54. The Morgan fingerprint density at radius 1 is 0.941 bits per heavy atom. The van der Waals surface area contributed by atoms with Crippen LogP contribution in [-0.2, 0) is 19.2 Å². The molecule has 0 spiro atoms. The molecule has 2 heterocycles. The number of likely N-dealkylation sites (tertiary alicyclic amines) is 1. The summed E-state index contributed by atoms with van der Waals surface area (Å²) >= 11 is 21.2. The minimum atomic E-state index is -1.99. The third-order valence-corrected chi connectivity index (χ3v) is 12.9. The summed E-state index contributed by atoms with van der Waals surface area (Å²) in [6.45, 7) is 0. The number of anilines is 2. The minimum Gasteiger partial charge on any atom is -0.503 e. The Labute approximate surface area is 320 Å². The van der Waals surface area contributed by atoms with Gasteiger partial charge in [-0.05, 0) is 101 Å². The largest absolute Gasteiger partial charge is 0.503 e. The van der Waals surface area contributed by atoms with Gasteiger partial charge in [0.1, 0.15) is 0 Å². The maximum Gasteiger partial charge on any atom is 0.254 e. The number of rotatable bonds is 7. The zero-order valence-corrected chi connectivity index (χ0v) is 32.2. The second-order valence-corrected chi connectivity index (χ2v) is 15.8. The number of phenols is 1. The molecule has 0 radical (unpaired) electrons. The van der Waals surface area contributed by atoms with Crippen molar-refractivity contribution in [2.75, 3.05) is 36.5 Å². The molecular weight excluding hydrogens is 829 g/mol. The van der Waals surface area contributed by atoms with Gasteiger partial charge < -0.3 is 14.7 Å². The van der Waals surface area contributed by atoms with E-state index in [1.54, 1.807) is 36.4 Å². The molecular formula is C36H31Br2Cl2N5O6. The van der Waals surface area contributed by atoms with Crippen LogP contribution in [0.2, 0.25) is 0 Å². The van der Waals surface area contributed by atoms with Crippen LogP contribution in [-0.4, -0.2) is 70.0 Å². The highest BCUT2D eigenvalue weighted by atomic mass is 79.9. The number of fused-ring (bicyclic) bond motifs is 4. The SMILES string of the molecule is COc1cc(C2C3=CCC4C(=O)N(c5ccc(N=Nc6ccc(N(C)C)cc6)cc5)C(=O)C4C3CC3(Cl)C(=O)N(CBr)C(=O)C23Cl)cc(Br)c1O. The van der Waals surface area contributed by atoms with E-state index in [1.807, 2.05) is 49.3 Å². The monoisotopic (exact) mass is 857 g/mol. The van der Waals surface area contributed by atoms with Crippen molar-refractivity contribution < 1.29 is 29.0 Å². The van der Waals surface area contributed by atoms with Gasteiger partial charge in [-0.3, -0.25) is 29.0 Å². The van der Waals surface area contributed by atoms with Crippen LogP contribution < -0.4 is 14.5 Å². The molecule has 2 aliphatic heterocycles. The van der Waals surface area contributed by atoms with E-state index in [0.29, 0.717) is 28.2 Å². The molecule has 1 saturated carbocycles. The zero-order chi connectivity index (χ0) is 36.6. The van der Waals surface area contributed by atoms with Gasteiger partial charge in [0.2, 0.25) is 11.8 Å². The molecule has 6 atom stereocenters. The van der Waals surface area contributed by atoms with Crippen LogP contribution in [0.5, 0.6) is 11.5 Å². The standard InChI is InChI=1S/C36H31Br2Cl2N5O6/c1-43(2)21-8-4-19(5-9-21)41-42-20-6-10-22(11-7-20)45-31(47)24-13-12-23-25(28(24)32(45)48)16-35(39)33(49)44(17-37)34(50)36(35,40)29(23)18-14-26(38)30(46)27(15-18)51-3/h4-12,14-15,24-25,28-29,46H,13,16-17H2,1-3H3. The van der Waals surface area contributed by atoms with Gasteiger partial charge in [-0.2, -0.15) is 10.2 Å². The summed E-state index contributed by atoms with van der Waals surface area (Å²) < 4.78 is 5.68. The number of alkyl halides is 3. The lowest BCUT2D eigenvalue weighted by Gasteiger charge is -2.50. The van der Waals surface area contributed by atoms with E-state index >= 15 is 0 Å². The molecule has 264 valence electrons. The van der Waals surface area contributed by atoms with Gasteiger partial charge in [0, 0.05) is 25.7 Å². The molecule has 3 fully saturated rings. The van der Waals surface area contributed by atoms with E-state index in [9.17, 15) is 24.3 Å². The number of aromatic hydroxyl groups is 1. The topological polar surface area (TPSA) is 132 Å². The lowest BCUT2D eigenvalue weighted by Crippen LogP contribution is -2.60. The highest BCUT2D eigenvalue weighted by Gasteiger charge is 2.76. The molecule has 7 rings (SSSR count). The molecule has 3 aromatic carbocycles. The molecule has 51 heavy (non-hydrogen) atoms. The molecule has 0 aromatic heterocycles. The third kappa shape index (κ3) is 5.33. The number of phenolic OH excluding ortho intramolecular Hbond substituents is 1. The number of hydrogen-bond acceptors (Lipinski definition) is 9. The third-order valence-electron chi connectivity index (χ3n) is 10.4. The number of ether oxygens (including phenoxy) is 1. The van der Waals surface area contributed by atoms with E-state index < -0.39 is 51.1 Å². The Morgan fingerprint density at radius 2 is 1.57 bits per heavy atom. The second-order valence-electron chi connectivity index (χ2n) is 13.2. The van der Waals surface area contributed by atoms with Gasteiger partial charge in [0.05, 0.1) is 45.9 Å². The van der Waals surface area contributed by atoms with Crippen molar-refractivity contribution in [3.63, 3.8) is 0 Å². The summed E-state index contributed by atoms with van der Waals surface area (Å²) in [7, 11) is 5.29. The summed E-state index contributed by atoms with van der Waals surface area (Å²) in [6.07, 6.45) is 1.91. The maximum absolute atomic E-state index is 14.4. The number of imide groups is 2. The molecule has 4 aliphatic rings. The summed E-state index contributed by atoms with van der Waals surface area (Å²) in [5, 5.41) is 19.2. The van der Waals surface area contributed by atoms with Crippen molar-refractivity contribution in [3.05, 3.63) is 82.3 Å². The molecule has 11 nitrogen and oxygen atoms in total. The fourth-order valence-corrected chi connectivity index (χ4v) is 9.78. The first kappa shape index (κ1) is 35.6. The number of hydrogen-bond donors (Lipinski definition) is 1. The van der Waals surface area contributed by atoms with Crippen molar-refractivity contribution >= 4 is 101 Å². The lowest BCUT2D eigenvalue weighted by molar-refractivity contribution is -0.138. The smallest absolute Gasteiger partial charge is 0.254 e. The lowest BCUT2D eigenvalue weighted by atomic mass is 9.56. The average Bonchev–Trinajstić information content (AvgIpc) is 3.46. The molecule has 6 unspecified atom stereocenters. The predicted octanol–water partition coefficient (Wildman–Crippen LogP) is 7.56. The Kier molecular flexibility index (Phi) is 9.09. The van der Waals surface area contributed by atoms with Crippen LogP contribution in [0, 0.1) is 17.8 Å². The number of methoxy groups -OCH3 is 1. The van der Waals surface area contributed by atoms with Crippen LogP contribution in [0.25, 0.3) is 0 Å². The van der Waals surface area contributed by atoms with Crippen LogP contribution in [0.15, 0.2) is 87.0 Å². The Morgan fingerprint density at radius 3 is 2.16 bits per heavy atom. The second kappa shape index (κ2) is 13.0. The van der Waals surface area contributed by atoms with Crippen molar-refractivity contribution in [3.8, 4) is 11.5 Å². The normalized spacial score (nSPS) is 28.6. The first-order chi connectivity index (χ1) is 24.3. The molecule has 2 aliphatic carbocycles. The first-order valence-corrected chi connectivity index (χ1v) is 18.7. The Hall–Kier alpha value is -3.78. The Balaban J connectivity index is 1.24. The van der Waals surface area contributed by atoms with Gasteiger partial charge in [-0.1, -0.05) is 27.6 Å². The highest BCUT2D eigenvalue weighted by Crippen LogP contribution is 2.66. The number of nitrogens with zero attached hydrogens (tertiary/aromatic N) is 5. The zero-order valence-electron chi connectivity index (χ0n) is 27.5.